The smallest absolute Gasteiger partial charge is 0.410 e. The van der Waals surface area contributed by atoms with Gasteiger partial charge in [-0.1, -0.05) is 0 Å². The third-order valence-corrected chi connectivity index (χ3v) is 3.11. The normalized spacial score (nSPS) is 18.7. The molecule has 1 aromatic heterocycles. The van der Waals surface area contributed by atoms with Crippen LogP contribution in [0, 0.1) is 11.7 Å². The third-order valence-electron chi connectivity index (χ3n) is 3.11. The van der Waals surface area contributed by atoms with E-state index in [-0.39, 0.29) is 6.09 Å². The van der Waals surface area contributed by atoms with Crippen molar-refractivity contribution in [2.45, 2.75) is 32.8 Å². The Bertz CT molecular complexity index is 487. The van der Waals surface area contributed by atoms with Gasteiger partial charge in [0.25, 0.3) is 0 Å². The molecule has 1 atom stereocenters. The maximum atomic E-state index is 12.7. The van der Waals surface area contributed by atoms with Crippen LogP contribution < -0.4 is 5.32 Å². The Morgan fingerprint density at radius 1 is 1.48 bits per heavy atom. The van der Waals surface area contributed by atoms with Crippen molar-refractivity contribution >= 4 is 12.0 Å². The summed E-state index contributed by atoms with van der Waals surface area (Å²) in [6.45, 7) is 7.53. The summed E-state index contributed by atoms with van der Waals surface area (Å²) in [5.41, 5.74) is -0.477. The maximum Gasteiger partial charge on any atom is 0.410 e. The fourth-order valence-electron chi connectivity index (χ4n) is 2.13. The van der Waals surface area contributed by atoms with Gasteiger partial charge in [0, 0.05) is 19.6 Å². The number of halogens is 1. The lowest BCUT2D eigenvalue weighted by Gasteiger charge is -2.24. The predicted octanol–water partition coefficient (Wildman–Crippen LogP) is 2.28. The molecule has 6 nitrogen and oxygen atoms in total. The highest BCUT2D eigenvalue weighted by atomic mass is 19.1. The van der Waals surface area contributed by atoms with Gasteiger partial charge in [-0.15, -0.1) is 0 Å². The van der Waals surface area contributed by atoms with Crippen molar-refractivity contribution in [1.82, 2.24) is 14.9 Å². The molecule has 1 aliphatic heterocycles. The lowest BCUT2D eigenvalue weighted by molar-refractivity contribution is 0.0289. The van der Waals surface area contributed by atoms with Gasteiger partial charge in [0.1, 0.15) is 5.60 Å². The minimum Gasteiger partial charge on any atom is -0.444 e. The number of carbonyl (C=O) groups excluding carboxylic acids is 1. The average molecular weight is 296 g/mol. The Kier molecular flexibility index (Phi) is 4.59. The van der Waals surface area contributed by atoms with Crippen molar-refractivity contribution < 1.29 is 13.9 Å². The molecule has 1 saturated heterocycles. The first-order valence-electron chi connectivity index (χ1n) is 7.03. The first-order chi connectivity index (χ1) is 9.83. The molecule has 116 valence electrons. The molecule has 1 fully saturated rings. The summed E-state index contributed by atoms with van der Waals surface area (Å²) in [4.78, 5) is 21.3. The Morgan fingerprint density at radius 2 is 2.14 bits per heavy atom. The van der Waals surface area contributed by atoms with Crippen molar-refractivity contribution in [1.29, 1.82) is 0 Å². The number of hydrogen-bond donors (Lipinski definition) is 1. The summed E-state index contributed by atoms with van der Waals surface area (Å²) in [6.07, 6.45) is 2.87. The quantitative estimate of drug-likeness (QED) is 0.927. The third kappa shape index (κ3) is 4.84. The number of amides is 1. The van der Waals surface area contributed by atoms with Gasteiger partial charge in [-0.05, 0) is 33.1 Å². The van der Waals surface area contributed by atoms with Crippen LogP contribution in [0.3, 0.4) is 0 Å². The molecule has 7 heteroatoms. The van der Waals surface area contributed by atoms with E-state index < -0.39 is 11.4 Å². The zero-order chi connectivity index (χ0) is 15.5. The fourth-order valence-corrected chi connectivity index (χ4v) is 2.13. The van der Waals surface area contributed by atoms with E-state index in [1.165, 1.54) is 0 Å². The van der Waals surface area contributed by atoms with Crippen LogP contribution in [0.15, 0.2) is 12.4 Å². The molecule has 0 saturated carbocycles. The van der Waals surface area contributed by atoms with Crippen LogP contribution in [0.1, 0.15) is 27.2 Å². The van der Waals surface area contributed by atoms with Crippen LogP contribution in [0.2, 0.25) is 0 Å². The van der Waals surface area contributed by atoms with Gasteiger partial charge in [-0.25, -0.2) is 19.2 Å². The first-order valence-corrected chi connectivity index (χ1v) is 7.03. The highest BCUT2D eigenvalue weighted by molar-refractivity contribution is 5.68. The Morgan fingerprint density at radius 3 is 2.76 bits per heavy atom. The second-order valence-electron chi connectivity index (χ2n) is 6.19. The minimum absolute atomic E-state index is 0.275. The molecule has 0 aliphatic carbocycles. The van der Waals surface area contributed by atoms with E-state index in [2.05, 4.69) is 15.3 Å². The molecule has 2 rings (SSSR count). The molecule has 1 N–H and O–H groups in total. The van der Waals surface area contributed by atoms with E-state index in [0.29, 0.717) is 31.5 Å². The van der Waals surface area contributed by atoms with E-state index in [1.54, 1.807) is 4.90 Å². The number of aromatic nitrogens is 2. The number of nitrogens with one attached hydrogen (secondary N) is 1. The van der Waals surface area contributed by atoms with Gasteiger partial charge in [-0.3, -0.25) is 0 Å². The van der Waals surface area contributed by atoms with Gasteiger partial charge in [-0.2, -0.15) is 0 Å². The number of hydrogen-bond acceptors (Lipinski definition) is 5. The summed E-state index contributed by atoms with van der Waals surface area (Å²) in [7, 11) is 0. The molecule has 21 heavy (non-hydrogen) atoms. The van der Waals surface area contributed by atoms with Gasteiger partial charge in [0.05, 0.1) is 12.4 Å². The molecule has 1 unspecified atom stereocenters. The van der Waals surface area contributed by atoms with Crippen molar-refractivity contribution in [3.8, 4) is 0 Å². The highest BCUT2D eigenvalue weighted by Gasteiger charge is 2.29. The molecular formula is C14H21FN4O2. The molecule has 1 aromatic rings. The fraction of sp³-hybridized carbons (Fsp3) is 0.643. The van der Waals surface area contributed by atoms with E-state index in [0.717, 1.165) is 18.8 Å². The summed E-state index contributed by atoms with van der Waals surface area (Å²) in [5.74, 6) is 0.246. The van der Waals surface area contributed by atoms with Crippen LogP contribution in [-0.2, 0) is 4.74 Å². The summed E-state index contributed by atoms with van der Waals surface area (Å²) >= 11 is 0. The second-order valence-corrected chi connectivity index (χ2v) is 6.19. The summed E-state index contributed by atoms with van der Waals surface area (Å²) in [6, 6.07) is 0. The second kappa shape index (κ2) is 6.24. The minimum atomic E-state index is -0.477. The van der Waals surface area contributed by atoms with Crippen LogP contribution in [0.5, 0.6) is 0 Å². The molecule has 0 aromatic carbocycles. The monoisotopic (exact) mass is 296 g/mol. The zero-order valence-corrected chi connectivity index (χ0v) is 12.6. The Hall–Kier alpha value is -1.92. The van der Waals surface area contributed by atoms with Crippen molar-refractivity contribution in [3.63, 3.8) is 0 Å². The van der Waals surface area contributed by atoms with Crippen LogP contribution >= 0.6 is 0 Å². The van der Waals surface area contributed by atoms with Gasteiger partial charge < -0.3 is 15.0 Å². The Labute approximate surface area is 123 Å². The number of rotatable bonds is 3. The van der Waals surface area contributed by atoms with Gasteiger partial charge in [0.15, 0.2) is 5.82 Å². The van der Waals surface area contributed by atoms with E-state index in [4.69, 9.17) is 4.74 Å². The molecule has 2 heterocycles. The van der Waals surface area contributed by atoms with Gasteiger partial charge >= 0.3 is 6.09 Å². The first kappa shape index (κ1) is 15.5. The molecule has 0 radical (unpaired) electrons. The average Bonchev–Trinajstić information content (AvgIpc) is 2.85. The molecular weight excluding hydrogens is 275 g/mol. The molecule has 0 spiro atoms. The van der Waals surface area contributed by atoms with Crippen molar-refractivity contribution in [2.75, 3.05) is 25.0 Å². The van der Waals surface area contributed by atoms with Gasteiger partial charge in [0.2, 0.25) is 5.95 Å². The van der Waals surface area contributed by atoms with Crippen molar-refractivity contribution in [3.05, 3.63) is 18.2 Å². The lowest BCUT2D eigenvalue weighted by atomic mass is 10.1. The van der Waals surface area contributed by atoms with E-state index in [1.807, 2.05) is 20.8 Å². The molecule has 1 amide bonds. The number of anilines is 1. The van der Waals surface area contributed by atoms with Crippen LogP contribution in [-0.4, -0.2) is 46.2 Å². The Balaban J connectivity index is 1.77. The van der Waals surface area contributed by atoms with E-state index in [9.17, 15) is 9.18 Å². The maximum absolute atomic E-state index is 12.7. The van der Waals surface area contributed by atoms with E-state index >= 15 is 0 Å². The molecule has 0 bridgehead atoms. The predicted molar refractivity (Wildman–Crippen MR) is 76.4 cm³/mol. The number of nitrogens with zero attached hydrogens (tertiary/aromatic N) is 3. The summed E-state index contributed by atoms with van der Waals surface area (Å²) in [5, 5.41) is 3.05. The largest absolute Gasteiger partial charge is 0.444 e. The number of carbonyl (C=O) groups is 1. The number of likely N-dealkylation sites (tertiary alicyclic amines) is 1. The molecule has 1 aliphatic rings. The summed E-state index contributed by atoms with van der Waals surface area (Å²) < 4.78 is 18.0. The van der Waals surface area contributed by atoms with Crippen LogP contribution in [0.25, 0.3) is 0 Å². The SMILES string of the molecule is CC(C)(C)OC(=O)N1CCC(CNc2ncc(F)cn2)C1. The number of ether oxygens (including phenoxy) is 1. The zero-order valence-electron chi connectivity index (χ0n) is 12.6. The topological polar surface area (TPSA) is 67.3 Å². The lowest BCUT2D eigenvalue weighted by Crippen LogP contribution is -2.35. The standard InChI is InChI=1S/C14H21FN4O2/c1-14(2,3)21-13(20)19-5-4-10(9-19)6-16-12-17-7-11(15)8-18-12/h7-8,10H,4-6,9H2,1-3H3,(H,16,17,18). The van der Waals surface area contributed by atoms with Crippen LogP contribution in [0.4, 0.5) is 15.1 Å². The highest BCUT2D eigenvalue weighted by Crippen LogP contribution is 2.19. The van der Waals surface area contributed by atoms with Crippen molar-refractivity contribution in [2.24, 2.45) is 5.92 Å².